The van der Waals surface area contributed by atoms with Crippen molar-refractivity contribution in [1.29, 1.82) is 0 Å². The van der Waals surface area contributed by atoms with Gasteiger partial charge in [0.25, 0.3) is 5.91 Å². The van der Waals surface area contributed by atoms with Gasteiger partial charge < -0.3 is 19.7 Å². The highest BCUT2D eigenvalue weighted by Gasteiger charge is 2.16. The molecule has 0 spiro atoms. The Labute approximate surface area is 164 Å². The van der Waals surface area contributed by atoms with Crippen LogP contribution in [0.5, 0.6) is 11.5 Å². The van der Waals surface area contributed by atoms with E-state index in [0.29, 0.717) is 29.4 Å². The second kappa shape index (κ2) is 8.90. The normalized spacial score (nSPS) is 10.2. The van der Waals surface area contributed by atoms with Crippen LogP contribution in [0.15, 0.2) is 66.9 Å². The van der Waals surface area contributed by atoms with Gasteiger partial charge in [-0.2, -0.15) is 0 Å². The van der Waals surface area contributed by atoms with Crippen molar-refractivity contribution in [2.75, 3.05) is 31.0 Å². The van der Waals surface area contributed by atoms with Crippen molar-refractivity contribution in [1.82, 2.24) is 4.98 Å². The van der Waals surface area contributed by atoms with Gasteiger partial charge in [0.15, 0.2) is 11.5 Å². The number of methoxy groups -OCH3 is 2. The molecular weight excluding hydrogens is 354 g/mol. The smallest absolute Gasteiger partial charge is 0.258 e. The first-order chi connectivity index (χ1) is 13.7. The number of hydrogen-bond acceptors (Lipinski definition) is 5. The molecule has 2 aromatic carbocycles. The third-order valence-electron chi connectivity index (χ3n) is 4.29. The minimum absolute atomic E-state index is 0.0774. The maximum absolute atomic E-state index is 13.0. The summed E-state index contributed by atoms with van der Waals surface area (Å²) in [5, 5.41) is 3.20. The molecule has 0 fully saturated rings. The van der Waals surface area contributed by atoms with Crippen LogP contribution in [-0.4, -0.2) is 31.7 Å². The number of aromatic nitrogens is 1. The van der Waals surface area contributed by atoms with Gasteiger partial charge in [-0.3, -0.25) is 4.79 Å². The molecule has 0 aliphatic rings. The summed E-state index contributed by atoms with van der Waals surface area (Å²) >= 11 is 0. The predicted molar refractivity (Wildman–Crippen MR) is 111 cm³/mol. The Morgan fingerprint density at radius 1 is 1.00 bits per heavy atom. The Balaban J connectivity index is 1.83. The SMILES string of the molecule is CCN(C(=O)c1ccnc(Nc2ccc(OC)c(OC)c2)c1)c1ccccc1. The minimum atomic E-state index is -0.0774. The van der Waals surface area contributed by atoms with Crippen molar-refractivity contribution in [2.45, 2.75) is 6.92 Å². The van der Waals surface area contributed by atoms with E-state index in [4.69, 9.17) is 9.47 Å². The number of anilines is 3. The molecule has 1 N–H and O–H groups in total. The van der Waals surface area contributed by atoms with Gasteiger partial charge in [-0.1, -0.05) is 18.2 Å². The highest BCUT2D eigenvalue weighted by Crippen LogP contribution is 2.31. The second-order valence-electron chi connectivity index (χ2n) is 6.01. The topological polar surface area (TPSA) is 63.7 Å². The van der Waals surface area contributed by atoms with Crippen molar-refractivity contribution >= 4 is 23.1 Å². The van der Waals surface area contributed by atoms with Gasteiger partial charge in [0.05, 0.1) is 14.2 Å². The number of amides is 1. The predicted octanol–water partition coefficient (Wildman–Crippen LogP) is 4.51. The quantitative estimate of drug-likeness (QED) is 0.656. The molecule has 28 heavy (non-hydrogen) atoms. The number of carbonyl (C=O) groups excluding carboxylic acids is 1. The molecule has 0 saturated carbocycles. The van der Waals surface area contributed by atoms with Gasteiger partial charge in [-0.15, -0.1) is 0 Å². The van der Waals surface area contributed by atoms with Crippen LogP contribution in [-0.2, 0) is 0 Å². The van der Waals surface area contributed by atoms with Crippen LogP contribution in [0, 0.1) is 0 Å². The molecule has 0 unspecified atom stereocenters. The second-order valence-corrected chi connectivity index (χ2v) is 6.01. The average Bonchev–Trinajstić information content (AvgIpc) is 2.75. The van der Waals surface area contributed by atoms with E-state index in [1.54, 1.807) is 37.4 Å². The Kier molecular flexibility index (Phi) is 6.11. The third-order valence-corrected chi connectivity index (χ3v) is 4.29. The average molecular weight is 377 g/mol. The van der Waals surface area contributed by atoms with Gasteiger partial charge in [0.1, 0.15) is 5.82 Å². The Hall–Kier alpha value is -3.54. The highest BCUT2D eigenvalue weighted by molar-refractivity contribution is 6.06. The Bertz CT molecular complexity index is 945. The Morgan fingerprint density at radius 3 is 2.43 bits per heavy atom. The first-order valence-electron chi connectivity index (χ1n) is 8.98. The maximum Gasteiger partial charge on any atom is 0.258 e. The summed E-state index contributed by atoms with van der Waals surface area (Å²) in [4.78, 5) is 19.0. The summed E-state index contributed by atoms with van der Waals surface area (Å²) in [7, 11) is 3.18. The molecule has 1 amide bonds. The molecule has 6 heteroatoms. The van der Waals surface area contributed by atoms with E-state index in [2.05, 4.69) is 10.3 Å². The number of benzene rings is 2. The zero-order chi connectivity index (χ0) is 19.9. The fourth-order valence-corrected chi connectivity index (χ4v) is 2.90. The van der Waals surface area contributed by atoms with Crippen molar-refractivity contribution in [2.24, 2.45) is 0 Å². The molecule has 3 rings (SSSR count). The van der Waals surface area contributed by atoms with Crippen LogP contribution >= 0.6 is 0 Å². The number of nitrogens with zero attached hydrogens (tertiary/aromatic N) is 2. The number of hydrogen-bond donors (Lipinski definition) is 1. The minimum Gasteiger partial charge on any atom is -0.493 e. The molecule has 1 heterocycles. The van der Waals surface area contributed by atoms with Crippen LogP contribution in [0.3, 0.4) is 0 Å². The summed E-state index contributed by atoms with van der Waals surface area (Å²) in [5.41, 5.74) is 2.20. The lowest BCUT2D eigenvalue weighted by atomic mass is 10.2. The third kappa shape index (κ3) is 4.23. The first-order valence-corrected chi connectivity index (χ1v) is 8.98. The number of carbonyl (C=O) groups is 1. The summed E-state index contributed by atoms with van der Waals surface area (Å²) in [6.07, 6.45) is 1.62. The number of pyridine rings is 1. The fourth-order valence-electron chi connectivity index (χ4n) is 2.90. The monoisotopic (exact) mass is 377 g/mol. The molecule has 0 aliphatic carbocycles. The standard InChI is InChI=1S/C22H23N3O3/c1-4-25(18-8-6-5-7-9-18)22(26)16-12-13-23-21(14-16)24-17-10-11-19(27-2)20(15-17)28-3/h5-15H,4H2,1-3H3,(H,23,24). The molecule has 3 aromatic rings. The molecule has 0 saturated heterocycles. The van der Waals surface area contributed by atoms with Gasteiger partial charge in [0.2, 0.25) is 0 Å². The van der Waals surface area contributed by atoms with Gasteiger partial charge in [0, 0.05) is 35.7 Å². The Morgan fingerprint density at radius 2 is 1.75 bits per heavy atom. The van der Waals surface area contributed by atoms with Crippen LogP contribution in [0.2, 0.25) is 0 Å². The fraction of sp³-hybridized carbons (Fsp3) is 0.182. The molecule has 6 nitrogen and oxygen atoms in total. The van der Waals surface area contributed by atoms with Crippen LogP contribution in [0.1, 0.15) is 17.3 Å². The zero-order valence-electron chi connectivity index (χ0n) is 16.2. The molecule has 0 atom stereocenters. The van der Waals surface area contributed by atoms with Crippen molar-refractivity contribution in [3.63, 3.8) is 0 Å². The molecular formula is C22H23N3O3. The molecule has 0 aliphatic heterocycles. The van der Waals surface area contributed by atoms with Crippen molar-refractivity contribution in [3.8, 4) is 11.5 Å². The van der Waals surface area contributed by atoms with Gasteiger partial charge in [-0.05, 0) is 43.3 Å². The van der Waals surface area contributed by atoms with E-state index in [1.165, 1.54) is 0 Å². The zero-order valence-corrected chi connectivity index (χ0v) is 16.2. The van der Waals surface area contributed by atoms with E-state index in [0.717, 1.165) is 11.4 Å². The number of nitrogens with one attached hydrogen (secondary N) is 1. The van der Waals surface area contributed by atoms with Gasteiger partial charge >= 0.3 is 0 Å². The number of para-hydroxylation sites is 1. The summed E-state index contributed by atoms with van der Waals surface area (Å²) in [5.74, 6) is 1.75. The number of rotatable bonds is 7. The van der Waals surface area contributed by atoms with E-state index >= 15 is 0 Å². The molecule has 1 aromatic heterocycles. The maximum atomic E-state index is 13.0. The summed E-state index contributed by atoms with van der Waals surface area (Å²) in [6, 6.07) is 18.6. The lowest BCUT2D eigenvalue weighted by molar-refractivity contribution is 0.0988. The van der Waals surface area contributed by atoms with E-state index in [9.17, 15) is 4.79 Å². The lowest BCUT2D eigenvalue weighted by Crippen LogP contribution is -2.30. The van der Waals surface area contributed by atoms with Crippen molar-refractivity contribution in [3.05, 3.63) is 72.4 Å². The van der Waals surface area contributed by atoms with Crippen LogP contribution < -0.4 is 19.7 Å². The molecule has 0 radical (unpaired) electrons. The first kappa shape index (κ1) is 19.2. The van der Waals surface area contributed by atoms with E-state index in [-0.39, 0.29) is 5.91 Å². The number of ether oxygens (including phenoxy) is 2. The van der Waals surface area contributed by atoms with E-state index in [1.807, 2.05) is 55.5 Å². The summed E-state index contributed by atoms with van der Waals surface area (Å²) in [6.45, 7) is 2.53. The van der Waals surface area contributed by atoms with Crippen LogP contribution in [0.4, 0.5) is 17.2 Å². The van der Waals surface area contributed by atoms with E-state index < -0.39 is 0 Å². The highest BCUT2D eigenvalue weighted by atomic mass is 16.5. The summed E-state index contributed by atoms with van der Waals surface area (Å²) < 4.78 is 10.6. The molecule has 0 bridgehead atoms. The van der Waals surface area contributed by atoms with Crippen molar-refractivity contribution < 1.29 is 14.3 Å². The molecule has 144 valence electrons. The lowest BCUT2D eigenvalue weighted by Gasteiger charge is -2.21. The van der Waals surface area contributed by atoms with Crippen LogP contribution in [0.25, 0.3) is 0 Å². The van der Waals surface area contributed by atoms with Gasteiger partial charge in [-0.25, -0.2) is 4.98 Å². The largest absolute Gasteiger partial charge is 0.493 e.